The van der Waals surface area contributed by atoms with Gasteiger partial charge in [-0.05, 0) is 31.5 Å². The predicted molar refractivity (Wildman–Crippen MR) is 72.0 cm³/mol. The first-order valence-electron chi connectivity index (χ1n) is 5.15. The number of aromatic nitrogens is 1. The lowest BCUT2D eigenvalue weighted by Gasteiger charge is -2.07. The molecule has 0 amide bonds. The summed E-state index contributed by atoms with van der Waals surface area (Å²) in [6.07, 6.45) is 0. The van der Waals surface area contributed by atoms with Crippen LogP contribution in [0.2, 0.25) is 10.0 Å². The molecule has 17 heavy (non-hydrogen) atoms. The van der Waals surface area contributed by atoms with Crippen LogP contribution in [0.3, 0.4) is 0 Å². The van der Waals surface area contributed by atoms with E-state index < -0.39 is 0 Å². The molecular weight excluding hydrogens is 257 g/mol. The summed E-state index contributed by atoms with van der Waals surface area (Å²) in [4.78, 5) is 15.1. The van der Waals surface area contributed by atoms with Crippen molar-refractivity contribution in [1.82, 2.24) is 4.98 Å². The molecular formula is C13H11Cl2NO. The lowest BCUT2D eigenvalue weighted by Crippen LogP contribution is -2.08. The first-order valence-corrected chi connectivity index (χ1v) is 5.90. The van der Waals surface area contributed by atoms with E-state index in [4.69, 9.17) is 23.2 Å². The highest BCUT2D eigenvalue weighted by Crippen LogP contribution is 2.28. The maximum Gasteiger partial charge on any atom is 0.189 e. The lowest BCUT2D eigenvalue weighted by molar-refractivity contribution is 1.11. The molecule has 4 heteroatoms. The van der Waals surface area contributed by atoms with Crippen molar-refractivity contribution >= 4 is 23.2 Å². The Hall–Kier alpha value is -1.25. The third kappa shape index (κ3) is 2.38. The largest absolute Gasteiger partial charge is 0.362 e. The molecule has 2 rings (SSSR count). The Morgan fingerprint density at radius 1 is 1.06 bits per heavy atom. The average molecular weight is 268 g/mol. The van der Waals surface area contributed by atoms with E-state index in [-0.39, 0.29) is 5.43 Å². The van der Waals surface area contributed by atoms with E-state index in [1.54, 1.807) is 24.3 Å². The summed E-state index contributed by atoms with van der Waals surface area (Å²) in [6, 6.07) is 6.76. The number of aromatic amines is 1. The Balaban J connectivity index is 2.69. The second-order valence-electron chi connectivity index (χ2n) is 3.95. The summed E-state index contributed by atoms with van der Waals surface area (Å²) in [7, 11) is 0. The van der Waals surface area contributed by atoms with E-state index in [9.17, 15) is 4.79 Å². The fourth-order valence-electron chi connectivity index (χ4n) is 1.86. The van der Waals surface area contributed by atoms with Crippen LogP contribution in [-0.2, 0) is 0 Å². The minimum atomic E-state index is -0.0165. The highest BCUT2D eigenvalue weighted by atomic mass is 35.5. The molecule has 0 aliphatic heterocycles. The van der Waals surface area contributed by atoms with Crippen molar-refractivity contribution in [3.63, 3.8) is 0 Å². The molecule has 0 aliphatic rings. The second kappa shape index (κ2) is 4.55. The van der Waals surface area contributed by atoms with Gasteiger partial charge in [0.05, 0.1) is 10.0 Å². The second-order valence-corrected chi connectivity index (χ2v) is 4.76. The maximum absolute atomic E-state index is 12.0. The van der Waals surface area contributed by atoms with Gasteiger partial charge in [0, 0.05) is 23.0 Å². The number of hydrogen-bond donors (Lipinski definition) is 1. The molecule has 88 valence electrons. The van der Waals surface area contributed by atoms with Gasteiger partial charge in [0.25, 0.3) is 0 Å². The van der Waals surface area contributed by atoms with Crippen molar-refractivity contribution in [2.75, 3.05) is 0 Å². The smallest absolute Gasteiger partial charge is 0.189 e. The van der Waals surface area contributed by atoms with Crippen LogP contribution in [-0.4, -0.2) is 4.98 Å². The van der Waals surface area contributed by atoms with Crippen molar-refractivity contribution in [1.29, 1.82) is 0 Å². The molecule has 0 radical (unpaired) electrons. The van der Waals surface area contributed by atoms with Gasteiger partial charge in [-0.25, -0.2) is 0 Å². The number of hydrogen-bond acceptors (Lipinski definition) is 1. The van der Waals surface area contributed by atoms with Gasteiger partial charge in [0.2, 0.25) is 0 Å². The van der Waals surface area contributed by atoms with Gasteiger partial charge in [-0.3, -0.25) is 4.79 Å². The Kier molecular flexibility index (Phi) is 3.27. The lowest BCUT2D eigenvalue weighted by atomic mass is 10.0. The van der Waals surface area contributed by atoms with Crippen LogP contribution in [0.4, 0.5) is 0 Å². The Morgan fingerprint density at radius 3 is 2.35 bits per heavy atom. The third-order valence-corrected chi connectivity index (χ3v) is 3.30. The van der Waals surface area contributed by atoms with E-state index in [0.29, 0.717) is 15.6 Å². The number of rotatable bonds is 1. The van der Waals surface area contributed by atoms with Gasteiger partial charge >= 0.3 is 0 Å². The quantitative estimate of drug-likeness (QED) is 0.834. The molecule has 2 aromatic rings. The fraction of sp³-hybridized carbons (Fsp3) is 0.154. The molecule has 0 spiro atoms. The van der Waals surface area contributed by atoms with Gasteiger partial charge < -0.3 is 4.98 Å². The van der Waals surface area contributed by atoms with Crippen LogP contribution in [0, 0.1) is 13.8 Å². The number of benzene rings is 1. The summed E-state index contributed by atoms with van der Waals surface area (Å²) >= 11 is 11.8. The number of H-pyrrole nitrogens is 1. The van der Waals surface area contributed by atoms with Crippen molar-refractivity contribution in [2.24, 2.45) is 0 Å². The Morgan fingerprint density at radius 2 is 1.76 bits per heavy atom. The van der Waals surface area contributed by atoms with E-state index in [2.05, 4.69) is 4.98 Å². The van der Waals surface area contributed by atoms with Crippen molar-refractivity contribution in [2.45, 2.75) is 13.8 Å². The molecule has 0 atom stereocenters. The van der Waals surface area contributed by atoms with Gasteiger partial charge in [-0.1, -0.05) is 29.3 Å². The number of nitrogens with one attached hydrogen (secondary N) is 1. The number of aryl methyl sites for hydroxylation is 2. The zero-order chi connectivity index (χ0) is 12.6. The molecule has 0 saturated heterocycles. The molecule has 0 bridgehead atoms. The minimum absolute atomic E-state index is 0.0165. The van der Waals surface area contributed by atoms with E-state index in [1.807, 2.05) is 13.8 Å². The minimum Gasteiger partial charge on any atom is -0.362 e. The van der Waals surface area contributed by atoms with Crippen LogP contribution in [0.1, 0.15) is 11.4 Å². The van der Waals surface area contributed by atoms with Gasteiger partial charge in [0.1, 0.15) is 0 Å². The Bertz CT molecular complexity index is 632. The highest BCUT2D eigenvalue weighted by Gasteiger charge is 2.09. The van der Waals surface area contributed by atoms with E-state index in [1.165, 1.54) is 0 Å². The predicted octanol–water partition coefficient (Wildman–Crippen LogP) is 3.97. The van der Waals surface area contributed by atoms with Gasteiger partial charge in [-0.15, -0.1) is 0 Å². The monoisotopic (exact) mass is 267 g/mol. The molecule has 0 fully saturated rings. The SMILES string of the molecule is Cc1cc(=O)c(-c2ccc(Cl)c(Cl)c2)c(C)[nH]1. The fourth-order valence-corrected chi connectivity index (χ4v) is 2.16. The van der Waals surface area contributed by atoms with E-state index in [0.717, 1.165) is 17.0 Å². The number of pyridine rings is 1. The zero-order valence-corrected chi connectivity index (χ0v) is 11.0. The molecule has 0 unspecified atom stereocenters. The van der Waals surface area contributed by atoms with Crippen LogP contribution in [0.5, 0.6) is 0 Å². The molecule has 1 aromatic heterocycles. The van der Waals surface area contributed by atoms with Crippen LogP contribution < -0.4 is 5.43 Å². The molecule has 1 heterocycles. The molecule has 1 aromatic carbocycles. The highest BCUT2D eigenvalue weighted by molar-refractivity contribution is 6.42. The molecule has 1 N–H and O–H groups in total. The third-order valence-electron chi connectivity index (χ3n) is 2.56. The first-order chi connectivity index (χ1) is 7.99. The van der Waals surface area contributed by atoms with Crippen LogP contribution in [0.15, 0.2) is 29.1 Å². The standard InChI is InChI=1S/C13H11Cl2NO/c1-7-5-12(17)13(8(2)16-7)9-3-4-10(14)11(15)6-9/h3-6H,1-2H3,(H,16,17). The first kappa shape index (κ1) is 12.2. The summed E-state index contributed by atoms with van der Waals surface area (Å²) < 4.78 is 0. The normalized spacial score (nSPS) is 10.6. The van der Waals surface area contributed by atoms with Crippen LogP contribution in [0.25, 0.3) is 11.1 Å². The van der Waals surface area contributed by atoms with Crippen molar-refractivity contribution in [3.05, 3.63) is 55.9 Å². The molecule has 0 aliphatic carbocycles. The summed E-state index contributed by atoms with van der Waals surface area (Å²) in [5.74, 6) is 0. The van der Waals surface area contributed by atoms with Crippen molar-refractivity contribution < 1.29 is 0 Å². The maximum atomic E-state index is 12.0. The Labute approximate surface area is 109 Å². The van der Waals surface area contributed by atoms with Crippen molar-refractivity contribution in [3.8, 4) is 11.1 Å². The van der Waals surface area contributed by atoms with Gasteiger partial charge in [-0.2, -0.15) is 0 Å². The molecule has 0 saturated carbocycles. The van der Waals surface area contributed by atoms with E-state index >= 15 is 0 Å². The average Bonchev–Trinajstić information content (AvgIpc) is 2.21. The number of halogens is 2. The summed E-state index contributed by atoms with van der Waals surface area (Å²) in [6.45, 7) is 3.72. The van der Waals surface area contributed by atoms with Crippen LogP contribution >= 0.6 is 23.2 Å². The summed E-state index contributed by atoms with van der Waals surface area (Å²) in [5.41, 5.74) is 3.06. The summed E-state index contributed by atoms with van der Waals surface area (Å²) in [5, 5.41) is 0.931. The topological polar surface area (TPSA) is 32.9 Å². The molecule has 2 nitrogen and oxygen atoms in total. The zero-order valence-electron chi connectivity index (χ0n) is 9.47. The van der Waals surface area contributed by atoms with Gasteiger partial charge in [0.15, 0.2) is 5.43 Å².